The number of benzene rings is 1. The molecule has 1 aromatic rings. The Morgan fingerprint density at radius 1 is 1.04 bits per heavy atom. The molecule has 0 radical (unpaired) electrons. The van der Waals surface area contributed by atoms with Gasteiger partial charge in [-0.25, -0.2) is 8.42 Å². The van der Waals surface area contributed by atoms with Crippen molar-refractivity contribution in [3.05, 3.63) is 29.3 Å². The van der Waals surface area contributed by atoms with Crippen LogP contribution in [0.1, 0.15) is 89.7 Å². The van der Waals surface area contributed by atoms with E-state index in [1.54, 1.807) is 13.8 Å². The van der Waals surface area contributed by atoms with E-state index in [9.17, 15) is 8.42 Å². The average Bonchev–Trinajstić information content (AvgIpc) is 3.14. The molecular formula is C23H38O3S. The average molecular weight is 395 g/mol. The van der Waals surface area contributed by atoms with Crippen molar-refractivity contribution in [3.8, 4) is 5.75 Å². The Morgan fingerprint density at radius 3 is 2.37 bits per heavy atom. The van der Waals surface area contributed by atoms with Crippen molar-refractivity contribution < 1.29 is 13.2 Å². The molecule has 1 aliphatic rings. The Labute approximate surface area is 166 Å². The molecule has 3 nitrogen and oxygen atoms in total. The molecule has 0 N–H and O–H groups in total. The zero-order chi connectivity index (χ0) is 19.7. The van der Waals surface area contributed by atoms with E-state index in [0.717, 1.165) is 37.9 Å². The third-order valence-electron chi connectivity index (χ3n) is 5.71. The van der Waals surface area contributed by atoms with Crippen LogP contribution in [0.4, 0.5) is 0 Å². The van der Waals surface area contributed by atoms with Gasteiger partial charge >= 0.3 is 0 Å². The molecule has 154 valence electrons. The van der Waals surface area contributed by atoms with Crippen LogP contribution in [0.25, 0.3) is 0 Å². The molecule has 1 aliphatic carbocycles. The van der Waals surface area contributed by atoms with Crippen LogP contribution in [0.15, 0.2) is 18.2 Å². The van der Waals surface area contributed by atoms with E-state index in [1.165, 1.54) is 49.7 Å². The van der Waals surface area contributed by atoms with Crippen LogP contribution in [-0.4, -0.2) is 25.5 Å². The molecule has 0 bridgehead atoms. The summed E-state index contributed by atoms with van der Waals surface area (Å²) in [4.78, 5) is 0. The predicted octanol–water partition coefficient (Wildman–Crippen LogP) is 5.89. The summed E-state index contributed by atoms with van der Waals surface area (Å²) < 4.78 is 29.8. The summed E-state index contributed by atoms with van der Waals surface area (Å²) in [6.07, 6.45) is 12.8. The van der Waals surface area contributed by atoms with Crippen LogP contribution in [0.3, 0.4) is 0 Å². The lowest BCUT2D eigenvalue weighted by Gasteiger charge is -2.17. The van der Waals surface area contributed by atoms with E-state index in [2.05, 4.69) is 25.1 Å². The van der Waals surface area contributed by atoms with Gasteiger partial charge in [0.25, 0.3) is 0 Å². The van der Waals surface area contributed by atoms with Crippen molar-refractivity contribution >= 4 is 9.84 Å². The van der Waals surface area contributed by atoms with Gasteiger partial charge in [-0.05, 0) is 82.4 Å². The van der Waals surface area contributed by atoms with Gasteiger partial charge in [-0.1, -0.05) is 38.3 Å². The first-order valence-electron chi connectivity index (χ1n) is 10.9. The Hall–Kier alpha value is -1.03. The molecule has 0 saturated heterocycles. The lowest BCUT2D eigenvalue weighted by molar-refractivity contribution is 0.208. The molecule has 27 heavy (non-hydrogen) atoms. The second-order valence-electron chi connectivity index (χ2n) is 8.25. The third-order valence-corrected chi connectivity index (χ3v) is 8.01. The van der Waals surface area contributed by atoms with Crippen LogP contribution in [0.5, 0.6) is 5.75 Å². The zero-order valence-corrected chi connectivity index (χ0v) is 18.3. The van der Waals surface area contributed by atoms with Crippen molar-refractivity contribution in [1.29, 1.82) is 0 Å². The van der Waals surface area contributed by atoms with E-state index in [-0.39, 0.29) is 5.25 Å². The van der Waals surface area contributed by atoms with Gasteiger partial charge < -0.3 is 4.74 Å². The smallest absolute Gasteiger partial charge is 0.152 e. The Bertz CT molecular complexity index is 658. The highest BCUT2D eigenvalue weighted by atomic mass is 32.2. The molecule has 1 fully saturated rings. The van der Waals surface area contributed by atoms with Gasteiger partial charge in [-0.3, -0.25) is 0 Å². The fourth-order valence-electron chi connectivity index (χ4n) is 3.76. The molecule has 0 heterocycles. The molecular weight excluding hydrogens is 356 g/mol. The quantitative estimate of drug-likeness (QED) is 0.415. The fraction of sp³-hybridized carbons (Fsp3) is 0.739. The van der Waals surface area contributed by atoms with Gasteiger partial charge in [-0.15, -0.1) is 0 Å². The summed E-state index contributed by atoms with van der Waals surface area (Å²) >= 11 is 0. The highest BCUT2D eigenvalue weighted by Gasteiger charge is 2.18. The van der Waals surface area contributed by atoms with Crippen molar-refractivity contribution in [1.82, 2.24) is 0 Å². The van der Waals surface area contributed by atoms with Gasteiger partial charge in [0.2, 0.25) is 0 Å². The predicted molar refractivity (Wildman–Crippen MR) is 114 cm³/mol. The number of hydrogen-bond donors (Lipinski definition) is 0. The minimum absolute atomic E-state index is 0.245. The first kappa shape index (κ1) is 22.3. The van der Waals surface area contributed by atoms with E-state index < -0.39 is 9.84 Å². The molecule has 1 aromatic carbocycles. The van der Waals surface area contributed by atoms with Gasteiger partial charge in [0, 0.05) is 0 Å². The van der Waals surface area contributed by atoms with Crippen molar-refractivity contribution in [2.75, 3.05) is 5.75 Å². The molecule has 0 atom stereocenters. The van der Waals surface area contributed by atoms with Crippen LogP contribution in [0, 0.1) is 0 Å². The van der Waals surface area contributed by atoms with Crippen LogP contribution >= 0.6 is 0 Å². The highest BCUT2D eigenvalue weighted by Crippen LogP contribution is 2.28. The number of hydrogen-bond acceptors (Lipinski definition) is 3. The molecule has 2 rings (SSSR count). The van der Waals surface area contributed by atoms with E-state index in [1.807, 2.05) is 0 Å². The van der Waals surface area contributed by atoms with Crippen LogP contribution in [-0.2, 0) is 22.7 Å². The van der Waals surface area contributed by atoms with Crippen LogP contribution < -0.4 is 4.74 Å². The number of ether oxygens (including phenoxy) is 1. The van der Waals surface area contributed by atoms with Crippen molar-refractivity contribution in [3.63, 3.8) is 0 Å². The first-order valence-corrected chi connectivity index (χ1v) is 12.6. The molecule has 4 heteroatoms. The Morgan fingerprint density at radius 2 is 1.70 bits per heavy atom. The van der Waals surface area contributed by atoms with Crippen LogP contribution in [0.2, 0.25) is 0 Å². The van der Waals surface area contributed by atoms with Crippen molar-refractivity contribution in [2.45, 2.75) is 103 Å². The standard InChI is InChI=1S/C23H38O3S/c1-4-21-18-20(15-16-23(21)26-22-13-9-10-14-22)12-8-6-5-7-11-17-27(24,25)19(2)3/h15-16,18-19,22H,4-14,17H2,1-3H3. The summed E-state index contributed by atoms with van der Waals surface area (Å²) in [7, 11) is -2.87. The number of sulfone groups is 1. The first-order chi connectivity index (χ1) is 12.9. The molecule has 0 unspecified atom stereocenters. The monoisotopic (exact) mass is 394 g/mol. The van der Waals surface area contributed by atoms with E-state index >= 15 is 0 Å². The second-order valence-corrected chi connectivity index (χ2v) is 10.9. The third kappa shape index (κ3) is 7.48. The van der Waals surface area contributed by atoms with Gasteiger partial charge in [-0.2, -0.15) is 0 Å². The summed E-state index contributed by atoms with van der Waals surface area (Å²) in [6.45, 7) is 5.74. The Balaban J connectivity index is 1.68. The lowest BCUT2D eigenvalue weighted by Crippen LogP contribution is -2.17. The summed E-state index contributed by atoms with van der Waals surface area (Å²) in [5, 5.41) is -0.245. The lowest BCUT2D eigenvalue weighted by atomic mass is 10.0. The van der Waals surface area contributed by atoms with E-state index in [0.29, 0.717) is 11.9 Å². The summed E-state index contributed by atoms with van der Waals surface area (Å²) in [6, 6.07) is 6.71. The second kappa shape index (κ2) is 11.1. The van der Waals surface area contributed by atoms with Crippen molar-refractivity contribution in [2.24, 2.45) is 0 Å². The normalized spacial score (nSPS) is 15.6. The maximum Gasteiger partial charge on any atom is 0.152 e. The van der Waals surface area contributed by atoms with E-state index in [4.69, 9.17) is 4.74 Å². The molecule has 0 aromatic heterocycles. The highest BCUT2D eigenvalue weighted by molar-refractivity contribution is 7.91. The topological polar surface area (TPSA) is 43.4 Å². The zero-order valence-electron chi connectivity index (χ0n) is 17.5. The molecule has 0 amide bonds. The maximum atomic E-state index is 11.8. The summed E-state index contributed by atoms with van der Waals surface area (Å²) in [5.41, 5.74) is 2.73. The van der Waals surface area contributed by atoms with Gasteiger partial charge in [0.15, 0.2) is 9.84 Å². The largest absolute Gasteiger partial charge is 0.490 e. The number of aryl methyl sites for hydroxylation is 2. The number of rotatable bonds is 12. The minimum Gasteiger partial charge on any atom is -0.490 e. The summed E-state index contributed by atoms with van der Waals surface area (Å²) in [5.74, 6) is 1.42. The molecule has 0 aliphatic heterocycles. The Kier molecular flexibility index (Phi) is 9.14. The van der Waals surface area contributed by atoms with Gasteiger partial charge in [0.05, 0.1) is 17.1 Å². The fourth-order valence-corrected chi connectivity index (χ4v) is 4.84. The molecule has 1 saturated carbocycles. The SMILES string of the molecule is CCc1cc(CCCCCCCS(=O)(=O)C(C)C)ccc1OC1CCCC1. The molecule has 0 spiro atoms. The maximum absolute atomic E-state index is 11.8. The minimum atomic E-state index is -2.87. The number of unbranched alkanes of at least 4 members (excludes halogenated alkanes) is 4. The van der Waals surface area contributed by atoms with Gasteiger partial charge in [0.1, 0.15) is 5.75 Å².